The van der Waals surface area contributed by atoms with Crippen LogP contribution in [0.1, 0.15) is 90.3 Å². The average Bonchev–Trinajstić information content (AvgIpc) is 2.87. The zero-order chi connectivity index (χ0) is 31.2. The van der Waals surface area contributed by atoms with E-state index >= 15 is 0 Å². The van der Waals surface area contributed by atoms with E-state index in [1.54, 1.807) is 26.0 Å². The Labute approximate surface area is 249 Å². The molecule has 0 saturated carbocycles. The lowest BCUT2D eigenvalue weighted by atomic mass is 9.96. The maximum absolute atomic E-state index is 14.1. The van der Waals surface area contributed by atoms with Crippen LogP contribution in [0.15, 0.2) is 30.3 Å². The molecule has 2 heterocycles. The highest BCUT2D eigenvalue weighted by Gasteiger charge is 2.36. The zero-order valence-corrected chi connectivity index (χ0v) is 26.6. The number of ether oxygens (including phenoxy) is 2. The first kappa shape index (κ1) is 33.6. The van der Waals surface area contributed by atoms with E-state index in [9.17, 15) is 22.7 Å². The molecule has 1 N–H and O–H groups in total. The molecule has 0 spiro atoms. The van der Waals surface area contributed by atoms with Crippen LogP contribution in [0.25, 0.3) is 17.3 Å². The SMILES string of the molecule is CCCCCC[n+]1c(N(C)S(C)(=O)=O)nc(C(C)C)c(C=C[C@@H]2C[C@H](CC(=O)O)OC(C)(C)O2)c1-c1ccc(F)cc1. The van der Waals surface area contributed by atoms with Crippen LogP contribution in [0.3, 0.4) is 0 Å². The lowest BCUT2D eigenvalue weighted by molar-refractivity contribution is -0.676. The maximum Gasteiger partial charge on any atom is 0.409 e. The average molecular weight is 607 g/mol. The molecular formula is C31H45FN3O6S+. The van der Waals surface area contributed by atoms with Crippen LogP contribution < -0.4 is 8.87 Å². The Morgan fingerprint density at radius 2 is 1.88 bits per heavy atom. The summed E-state index contributed by atoms with van der Waals surface area (Å²) in [5, 5.41) is 9.35. The zero-order valence-electron chi connectivity index (χ0n) is 25.8. The largest absolute Gasteiger partial charge is 0.481 e. The van der Waals surface area contributed by atoms with Crippen molar-refractivity contribution in [3.63, 3.8) is 0 Å². The van der Waals surface area contributed by atoms with Gasteiger partial charge in [0.25, 0.3) is 10.0 Å². The highest BCUT2D eigenvalue weighted by atomic mass is 32.2. The Bertz CT molecular complexity index is 1380. The Morgan fingerprint density at radius 3 is 2.45 bits per heavy atom. The molecule has 3 rings (SSSR count). The molecule has 1 saturated heterocycles. The molecule has 2 atom stereocenters. The van der Waals surface area contributed by atoms with Crippen molar-refractivity contribution in [2.45, 2.75) is 104 Å². The van der Waals surface area contributed by atoms with Crippen LogP contribution in [0.4, 0.5) is 10.3 Å². The van der Waals surface area contributed by atoms with Crippen molar-refractivity contribution in [1.82, 2.24) is 4.98 Å². The Kier molecular flexibility index (Phi) is 11.2. The first-order valence-corrected chi connectivity index (χ1v) is 16.4. The fourth-order valence-electron chi connectivity index (χ4n) is 5.21. The van der Waals surface area contributed by atoms with Gasteiger partial charge in [-0.25, -0.2) is 8.96 Å². The molecule has 2 aromatic rings. The van der Waals surface area contributed by atoms with E-state index in [1.165, 1.54) is 23.5 Å². The minimum atomic E-state index is -3.64. The molecule has 0 unspecified atom stereocenters. The molecule has 0 aliphatic carbocycles. The van der Waals surface area contributed by atoms with Crippen LogP contribution in [0.2, 0.25) is 0 Å². The number of sulfonamides is 1. The lowest BCUT2D eigenvalue weighted by Crippen LogP contribution is -2.47. The number of hydrogen-bond donors (Lipinski definition) is 1. The molecule has 1 aromatic carbocycles. The molecule has 0 bridgehead atoms. The summed E-state index contributed by atoms with van der Waals surface area (Å²) in [5.41, 5.74) is 2.88. The maximum atomic E-state index is 14.1. The molecule has 42 heavy (non-hydrogen) atoms. The number of aromatic nitrogens is 2. The van der Waals surface area contributed by atoms with Gasteiger partial charge in [-0.05, 0) is 50.6 Å². The number of halogens is 1. The Hall–Kier alpha value is -2.89. The van der Waals surface area contributed by atoms with Gasteiger partial charge in [0.05, 0.1) is 44.0 Å². The fourth-order valence-corrected chi connectivity index (χ4v) is 5.64. The second kappa shape index (κ2) is 14.1. The molecule has 1 aromatic heterocycles. The number of carbonyl (C=O) groups is 1. The van der Waals surface area contributed by atoms with Crippen molar-refractivity contribution in [2.24, 2.45) is 0 Å². The van der Waals surface area contributed by atoms with Crippen LogP contribution in [-0.2, 0) is 30.8 Å². The predicted molar refractivity (Wildman–Crippen MR) is 161 cm³/mol. The van der Waals surface area contributed by atoms with Gasteiger partial charge in [0.15, 0.2) is 5.79 Å². The first-order valence-electron chi connectivity index (χ1n) is 14.6. The lowest BCUT2D eigenvalue weighted by Gasteiger charge is -2.39. The van der Waals surface area contributed by atoms with Gasteiger partial charge in [-0.15, -0.1) is 0 Å². The Morgan fingerprint density at radius 1 is 1.21 bits per heavy atom. The van der Waals surface area contributed by atoms with Crippen molar-refractivity contribution in [1.29, 1.82) is 0 Å². The fraction of sp³-hybridized carbons (Fsp3) is 0.581. The van der Waals surface area contributed by atoms with Crippen molar-refractivity contribution in [2.75, 3.05) is 17.6 Å². The Balaban J connectivity index is 2.27. The smallest absolute Gasteiger partial charge is 0.409 e. The molecule has 1 fully saturated rings. The molecule has 1 aliphatic rings. The van der Waals surface area contributed by atoms with Crippen LogP contribution in [-0.4, -0.2) is 55.8 Å². The van der Waals surface area contributed by atoms with E-state index in [4.69, 9.17) is 14.5 Å². The number of carboxylic acids is 1. The normalized spacial score (nSPS) is 19.0. The standard InChI is InChI=1S/C31H44FN3O6S/c1-8-9-10-11-18-35-29(22-12-14-23(32)15-13-22)26(28(21(2)3)33-30(35)34(6)42(7,38)39)17-16-24-19-25(20-27(36)37)41-31(4,5)40-24/h12-17,21,24-25H,8-11,18-20H2,1-7H3/p+1/t24-,25-/m1/s1. The van der Waals surface area contributed by atoms with Gasteiger partial charge in [-0.2, -0.15) is 12.7 Å². The van der Waals surface area contributed by atoms with Gasteiger partial charge in [0.1, 0.15) is 17.2 Å². The summed E-state index contributed by atoms with van der Waals surface area (Å²) in [4.78, 5) is 16.3. The van der Waals surface area contributed by atoms with Crippen LogP contribution >= 0.6 is 0 Å². The number of nitrogens with zero attached hydrogens (tertiary/aromatic N) is 3. The summed E-state index contributed by atoms with van der Waals surface area (Å²) in [6, 6.07) is 6.16. The third kappa shape index (κ3) is 8.81. The molecule has 9 nitrogen and oxygen atoms in total. The predicted octanol–water partition coefficient (Wildman–Crippen LogP) is 5.67. The van der Waals surface area contributed by atoms with Crippen molar-refractivity contribution in [3.05, 3.63) is 47.4 Å². The van der Waals surface area contributed by atoms with E-state index < -0.39 is 34.0 Å². The highest BCUT2D eigenvalue weighted by molar-refractivity contribution is 7.92. The van der Waals surface area contributed by atoms with Gasteiger partial charge < -0.3 is 14.6 Å². The van der Waals surface area contributed by atoms with E-state index in [0.717, 1.165) is 48.8 Å². The third-order valence-corrected chi connectivity index (χ3v) is 8.36. The summed E-state index contributed by atoms with van der Waals surface area (Å²) in [6.07, 6.45) is 8.07. The van der Waals surface area contributed by atoms with Gasteiger partial charge in [-0.3, -0.25) is 4.79 Å². The third-order valence-electron chi connectivity index (χ3n) is 7.20. The number of hydrogen-bond acceptors (Lipinski definition) is 6. The molecular weight excluding hydrogens is 561 g/mol. The number of aliphatic carboxylic acids is 1. The summed E-state index contributed by atoms with van der Waals surface area (Å²) in [6.45, 7) is 10.1. The van der Waals surface area contributed by atoms with Crippen LogP contribution in [0.5, 0.6) is 0 Å². The second-order valence-electron chi connectivity index (χ2n) is 11.7. The first-order chi connectivity index (χ1) is 19.6. The van der Waals surface area contributed by atoms with E-state index in [-0.39, 0.29) is 18.2 Å². The van der Waals surface area contributed by atoms with Crippen LogP contribution in [0, 0.1) is 5.82 Å². The number of anilines is 1. The summed E-state index contributed by atoms with van der Waals surface area (Å²) in [7, 11) is -2.15. The van der Waals surface area contributed by atoms with Gasteiger partial charge in [0, 0.05) is 17.9 Å². The quantitative estimate of drug-likeness (QED) is 0.231. The van der Waals surface area contributed by atoms with Crippen molar-refractivity contribution >= 4 is 28.0 Å². The van der Waals surface area contributed by atoms with Crippen molar-refractivity contribution < 1.29 is 36.8 Å². The van der Waals surface area contributed by atoms with E-state index in [1.807, 2.05) is 30.6 Å². The molecule has 11 heteroatoms. The second-order valence-corrected chi connectivity index (χ2v) is 13.7. The summed E-state index contributed by atoms with van der Waals surface area (Å²) >= 11 is 0. The van der Waals surface area contributed by atoms with E-state index in [2.05, 4.69) is 6.92 Å². The minimum Gasteiger partial charge on any atom is -0.481 e. The minimum absolute atomic E-state index is 0.0860. The van der Waals surface area contributed by atoms with E-state index in [0.29, 0.717) is 24.6 Å². The molecule has 0 amide bonds. The number of benzene rings is 1. The monoisotopic (exact) mass is 606 g/mol. The van der Waals surface area contributed by atoms with Gasteiger partial charge in [-0.1, -0.05) is 51.1 Å². The highest BCUT2D eigenvalue weighted by Crippen LogP contribution is 2.33. The summed E-state index contributed by atoms with van der Waals surface area (Å²) in [5.74, 6) is -2.09. The van der Waals surface area contributed by atoms with Gasteiger partial charge in [0.2, 0.25) is 0 Å². The summed E-state index contributed by atoms with van der Waals surface area (Å²) < 4.78 is 54.7. The number of rotatable bonds is 13. The molecule has 232 valence electrons. The van der Waals surface area contributed by atoms with Crippen molar-refractivity contribution in [3.8, 4) is 11.3 Å². The number of carboxylic acid groups (broad SMARTS) is 1. The number of unbranched alkanes of at least 4 members (excludes halogenated alkanes) is 3. The van der Waals surface area contributed by atoms with Gasteiger partial charge >= 0.3 is 11.9 Å². The molecule has 0 radical (unpaired) electrons. The topological polar surface area (TPSA) is 110 Å². The molecule has 1 aliphatic heterocycles.